The van der Waals surface area contributed by atoms with Crippen molar-refractivity contribution < 1.29 is 8.42 Å². The number of sulfone groups is 1. The summed E-state index contributed by atoms with van der Waals surface area (Å²) in [6.07, 6.45) is 2.33. The second kappa shape index (κ2) is 9.54. The van der Waals surface area contributed by atoms with Crippen molar-refractivity contribution in [2.75, 3.05) is 42.7 Å². The molecule has 0 aliphatic carbocycles. The second-order valence-electron chi connectivity index (χ2n) is 7.94. The summed E-state index contributed by atoms with van der Waals surface area (Å²) in [7, 11) is -3.39. The third kappa shape index (κ3) is 5.27. The van der Waals surface area contributed by atoms with E-state index in [0.717, 1.165) is 49.4 Å². The maximum absolute atomic E-state index is 12.6. The predicted molar refractivity (Wildman–Crippen MR) is 128 cm³/mol. The minimum Gasteiger partial charge on any atom is -0.373 e. The number of hydrogen-bond donors (Lipinski definition) is 2. The van der Waals surface area contributed by atoms with E-state index < -0.39 is 9.84 Å². The molecule has 162 valence electrons. The van der Waals surface area contributed by atoms with Crippen LogP contribution in [0.5, 0.6) is 0 Å². The van der Waals surface area contributed by atoms with Gasteiger partial charge in [-0.05, 0) is 42.3 Å². The van der Waals surface area contributed by atoms with Crippen LogP contribution in [0.25, 0.3) is 0 Å². The number of nitrogens with zero attached hydrogens (tertiary/aromatic N) is 1. The normalized spacial score (nSPS) is 15.0. The third-order valence-corrected chi connectivity index (χ3v) is 6.79. The number of hydrogen-bond acceptors (Lipinski definition) is 5. The van der Waals surface area contributed by atoms with Crippen molar-refractivity contribution in [1.29, 1.82) is 0 Å². The molecule has 1 fully saturated rings. The van der Waals surface area contributed by atoms with Gasteiger partial charge in [0.15, 0.2) is 9.84 Å². The van der Waals surface area contributed by atoms with Crippen molar-refractivity contribution in [1.82, 2.24) is 5.32 Å². The Morgan fingerprint density at radius 2 is 1.52 bits per heavy atom. The van der Waals surface area contributed by atoms with Gasteiger partial charge in [0.2, 0.25) is 0 Å². The summed E-state index contributed by atoms with van der Waals surface area (Å²) in [6.45, 7) is 3.78. The summed E-state index contributed by atoms with van der Waals surface area (Å²) in [5, 5.41) is 6.98. The number of rotatable bonds is 6. The number of anilines is 2. The maximum atomic E-state index is 12.6. The molecule has 0 aromatic heterocycles. The molecular formula is C25H29N3O2S. The zero-order valence-electron chi connectivity index (χ0n) is 17.8. The third-order valence-electron chi connectivity index (χ3n) is 5.63. The summed E-state index contributed by atoms with van der Waals surface area (Å²) >= 11 is 0. The van der Waals surface area contributed by atoms with E-state index in [2.05, 4.69) is 39.8 Å². The molecule has 4 rings (SSSR count). The predicted octanol–water partition coefficient (Wildman–Crippen LogP) is 4.09. The van der Waals surface area contributed by atoms with Crippen molar-refractivity contribution in [2.24, 2.45) is 0 Å². The lowest BCUT2D eigenvalue weighted by Gasteiger charge is -2.26. The molecule has 0 atom stereocenters. The summed E-state index contributed by atoms with van der Waals surface area (Å²) in [4.78, 5) is 2.64. The molecule has 5 nitrogen and oxygen atoms in total. The lowest BCUT2D eigenvalue weighted by atomic mass is 9.98. The fourth-order valence-electron chi connectivity index (χ4n) is 4.06. The summed E-state index contributed by atoms with van der Waals surface area (Å²) in [5.74, 6) is 0. The van der Waals surface area contributed by atoms with Gasteiger partial charge in [-0.15, -0.1) is 0 Å². The van der Waals surface area contributed by atoms with E-state index in [-0.39, 0.29) is 6.04 Å². The lowest BCUT2D eigenvalue weighted by molar-refractivity contribution is 0.602. The molecule has 3 aromatic carbocycles. The smallest absolute Gasteiger partial charge is 0.177 e. The van der Waals surface area contributed by atoms with Crippen LogP contribution in [-0.2, 0) is 9.84 Å². The van der Waals surface area contributed by atoms with Crippen molar-refractivity contribution in [3.63, 3.8) is 0 Å². The van der Waals surface area contributed by atoms with Crippen LogP contribution in [0.1, 0.15) is 23.6 Å². The minimum atomic E-state index is -3.39. The van der Waals surface area contributed by atoms with Crippen LogP contribution in [0.4, 0.5) is 11.4 Å². The van der Waals surface area contributed by atoms with E-state index in [1.54, 1.807) is 6.07 Å². The Balaban J connectivity index is 1.77. The van der Waals surface area contributed by atoms with Crippen molar-refractivity contribution >= 4 is 21.2 Å². The highest BCUT2D eigenvalue weighted by Gasteiger charge is 2.21. The monoisotopic (exact) mass is 435 g/mol. The molecule has 1 aliphatic heterocycles. The topological polar surface area (TPSA) is 61.4 Å². The summed E-state index contributed by atoms with van der Waals surface area (Å²) < 4.78 is 25.2. The summed E-state index contributed by atoms with van der Waals surface area (Å²) in [5.41, 5.74) is 3.84. The van der Waals surface area contributed by atoms with Crippen LogP contribution in [0.15, 0.2) is 83.8 Å². The van der Waals surface area contributed by atoms with Crippen LogP contribution >= 0.6 is 0 Å². The first-order valence-corrected chi connectivity index (χ1v) is 12.6. The molecule has 2 N–H and O–H groups in total. The molecule has 0 unspecified atom stereocenters. The Morgan fingerprint density at radius 1 is 0.871 bits per heavy atom. The van der Waals surface area contributed by atoms with Crippen molar-refractivity contribution in [2.45, 2.75) is 17.4 Å². The Kier molecular flexibility index (Phi) is 6.59. The van der Waals surface area contributed by atoms with Crippen LogP contribution in [0.2, 0.25) is 0 Å². The molecule has 6 heteroatoms. The Bertz CT molecular complexity index is 1050. The quantitative estimate of drug-likeness (QED) is 0.611. The zero-order valence-corrected chi connectivity index (χ0v) is 18.6. The average molecular weight is 436 g/mol. The minimum absolute atomic E-state index is 0.163. The van der Waals surface area contributed by atoms with Gasteiger partial charge >= 0.3 is 0 Å². The number of benzene rings is 3. The van der Waals surface area contributed by atoms with Gasteiger partial charge < -0.3 is 15.5 Å². The fourth-order valence-corrected chi connectivity index (χ4v) is 4.89. The first-order valence-electron chi connectivity index (χ1n) is 10.7. The van der Waals surface area contributed by atoms with E-state index in [9.17, 15) is 8.42 Å². The summed E-state index contributed by atoms with van der Waals surface area (Å²) in [6, 6.07) is 25.7. The Labute approximate surface area is 185 Å². The molecule has 0 saturated carbocycles. The molecule has 31 heavy (non-hydrogen) atoms. The van der Waals surface area contributed by atoms with Crippen molar-refractivity contribution in [3.05, 3.63) is 90.0 Å². The molecule has 0 amide bonds. The highest BCUT2D eigenvalue weighted by molar-refractivity contribution is 7.90. The molecule has 0 bridgehead atoms. The first-order chi connectivity index (χ1) is 15.0. The van der Waals surface area contributed by atoms with Gasteiger partial charge in [-0.3, -0.25) is 0 Å². The Hall–Kier alpha value is -2.83. The van der Waals surface area contributed by atoms with Crippen LogP contribution in [0.3, 0.4) is 0 Å². The molecule has 3 aromatic rings. The van der Waals surface area contributed by atoms with E-state index in [4.69, 9.17) is 0 Å². The maximum Gasteiger partial charge on any atom is 0.177 e. The van der Waals surface area contributed by atoms with Gasteiger partial charge in [0.25, 0.3) is 0 Å². The molecule has 1 saturated heterocycles. The molecule has 0 spiro atoms. The van der Waals surface area contributed by atoms with Gasteiger partial charge in [-0.2, -0.15) is 0 Å². The molecular weight excluding hydrogens is 406 g/mol. The average Bonchev–Trinajstić information content (AvgIpc) is 3.07. The SMILES string of the molecule is CS(=O)(=O)c1ccc(N2CCCNCC2)cc1NC(c1ccccc1)c1ccccc1. The van der Waals surface area contributed by atoms with Crippen LogP contribution in [0, 0.1) is 0 Å². The van der Waals surface area contributed by atoms with E-state index in [1.807, 2.05) is 48.5 Å². The largest absolute Gasteiger partial charge is 0.373 e. The van der Waals surface area contributed by atoms with Gasteiger partial charge in [-0.25, -0.2) is 8.42 Å². The molecule has 0 radical (unpaired) electrons. The highest BCUT2D eigenvalue weighted by atomic mass is 32.2. The van der Waals surface area contributed by atoms with Gasteiger partial charge in [0, 0.05) is 31.6 Å². The molecule has 1 heterocycles. The van der Waals surface area contributed by atoms with E-state index in [0.29, 0.717) is 10.6 Å². The Morgan fingerprint density at radius 3 is 2.13 bits per heavy atom. The van der Waals surface area contributed by atoms with E-state index in [1.165, 1.54) is 6.26 Å². The van der Waals surface area contributed by atoms with Crippen LogP contribution in [-0.4, -0.2) is 40.9 Å². The van der Waals surface area contributed by atoms with Gasteiger partial charge in [-0.1, -0.05) is 60.7 Å². The van der Waals surface area contributed by atoms with Gasteiger partial charge in [0.05, 0.1) is 16.6 Å². The fraction of sp³-hybridized carbons (Fsp3) is 0.280. The van der Waals surface area contributed by atoms with E-state index >= 15 is 0 Å². The second-order valence-corrected chi connectivity index (χ2v) is 9.93. The van der Waals surface area contributed by atoms with Gasteiger partial charge in [0.1, 0.15) is 0 Å². The molecule has 1 aliphatic rings. The standard InChI is InChI=1S/C25H29N3O2S/c1-31(29,30)24-14-13-22(28-17-8-15-26-16-18-28)19-23(24)27-25(20-9-4-2-5-10-20)21-11-6-3-7-12-21/h2-7,9-14,19,25-27H,8,15-18H2,1H3. The lowest BCUT2D eigenvalue weighted by Crippen LogP contribution is -2.28. The number of nitrogens with one attached hydrogen (secondary N) is 2. The van der Waals surface area contributed by atoms with Crippen molar-refractivity contribution in [3.8, 4) is 0 Å². The van der Waals surface area contributed by atoms with Crippen LogP contribution < -0.4 is 15.5 Å². The first kappa shape index (κ1) is 21.4. The highest BCUT2D eigenvalue weighted by Crippen LogP contribution is 2.33. The zero-order chi connectivity index (χ0) is 21.7.